The van der Waals surface area contributed by atoms with Crippen LogP contribution in [0.3, 0.4) is 0 Å². The Hall–Kier alpha value is -2.38. The summed E-state index contributed by atoms with van der Waals surface area (Å²) in [4.78, 5) is 24.9. The number of carbonyl (C=O) groups excluding carboxylic acids is 1. The highest BCUT2D eigenvalue weighted by Gasteiger charge is 2.11. The Morgan fingerprint density at radius 1 is 1.60 bits per heavy atom. The molecule has 0 saturated carbocycles. The minimum Gasteiger partial charge on any atom is -0.356 e. The van der Waals surface area contributed by atoms with Gasteiger partial charge in [-0.2, -0.15) is 5.10 Å². The number of aromatic amines is 1. The molecule has 0 fully saturated rings. The van der Waals surface area contributed by atoms with Crippen LogP contribution in [0.25, 0.3) is 0 Å². The van der Waals surface area contributed by atoms with E-state index in [1.807, 2.05) is 26.1 Å². The lowest BCUT2D eigenvalue weighted by molar-refractivity contribution is -0.121. The zero-order valence-corrected chi connectivity index (χ0v) is 11.4. The minimum absolute atomic E-state index is 0.00411. The Morgan fingerprint density at radius 2 is 2.40 bits per heavy atom. The summed E-state index contributed by atoms with van der Waals surface area (Å²) >= 11 is 0. The molecule has 20 heavy (non-hydrogen) atoms. The lowest BCUT2D eigenvalue weighted by Gasteiger charge is -2.11. The number of H-pyrrole nitrogens is 1. The summed E-state index contributed by atoms with van der Waals surface area (Å²) in [7, 11) is 0. The first-order valence-electron chi connectivity index (χ1n) is 6.38. The summed E-state index contributed by atoms with van der Waals surface area (Å²) in [6, 6.07) is 1.89. The van der Waals surface area contributed by atoms with E-state index in [0.717, 1.165) is 5.69 Å². The van der Waals surface area contributed by atoms with Crippen LogP contribution in [0.4, 0.5) is 0 Å². The lowest BCUT2D eigenvalue weighted by atomic mass is 10.2. The molecule has 0 aromatic carbocycles. The van der Waals surface area contributed by atoms with Gasteiger partial charge in [0.25, 0.3) is 0 Å². The Morgan fingerprint density at radius 3 is 3.00 bits per heavy atom. The van der Waals surface area contributed by atoms with Gasteiger partial charge in [0, 0.05) is 25.6 Å². The molecular weight excluding hydrogens is 262 g/mol. The summed E-state index contributed by atoms with van der Waals surface area (Å²) in [5.41, 5.74) is 0.923. The van der Waals surface area contributed by atoms with Gasteiger partial charge in [0.1, 0.15) is 0 Å². The Bertz CT molecular complexity index is 627. The number of amides is 1. The molecule has 2 N–H and O–H groups in total. The molecule has 1 atom stereocenters. The maximum Gasteiger partial charge on any atom is 0.438 e. The van der Waals surface area contributed by atoms with E-state index >= 15 is 0 Å². The molecule has 1 unspecified atom stereocenters. The smallest absolute Gasteiger partial charge is 0.356 e. The van der Waals surface area contributed by atoms with E-state index in [4.69, 9.17) is 0 Å². The molecule has 0 bridgehead atoms. The highest BCUT2D eigenvalue weighted by atomic mass is 16.5. The van der Waals surface area contributed by atoms with Crippen LogP contribution >= 0.6 is 0 Å². The summed E-state index contributed by atoms with van der Waals surface area (Å²) in [5.74, 6) is -0.239. The predicted molar refractivity (Wildman–Crippen MR) is 70.1 cm³/mol. The Balaban J connectivity index is 1.73. The molecule has 108 valence electrons. The van der Waals surface area contributed by atoms with Crippen molar-refractivity contribution in [2.45, 2.75) is 32.7 Å². The van der Waals surface area contributed by atoms with Gasteiger partial charge in [-0.05, 0) is 19.9 Å². The summed E-state index contributed by atoms with van der Waals surface area (Å²) in [6.45, 7) is 4.23. The summed E-state index contributed by atoms with van der Waals surface area (Å²) in [6.07, 6.45) is 2.62. The molecule has 2 heterocycles. The molecule has 2 aromatic heterocycles. The van der Waals surface area contributed by atoms with Crippen molar-refractivity contribution in [3.05, 3.63) is 34.3 Å². The van der Waals surface area contributed by atoms with Crippen molar-refractivity contribution in [1.29, 1.82) is 0 Å². The molecule has 0 aliphatic carbocycles. The molecule has 8 heteroatoms. The van der Waals surface area contributed by atoms with E-state index in [-0.39, 0.29) is 11.9 Å². The molecule has 8 nitrogen and oxygen atoms in total. The second kappa shape index (κ2) is 6.18. The van der Waals surface area contributed by atoms with Crippen molar-refractivity contribution in [2.75, 3.05) is 6.54 Å². The SMILES string of the molecule is Cc1ccn(C(C)CC(=O)NCCc2noc(=O)[nH]2)n1. The number of hydrogen-bond donors (Lipinski definition) is 2. The molecular formula is C12H17N5O3. The number of rotatable bonds is 6. The van der Waals surface area contributed by atoms with Gasteiger partial charge in [-0.25, -0.2) is 4.79 Å². The molecule has 1 amide bonds. The van der Waals surface area contributed by atoms with E-state index in [1.165, 1.54) is 0 Å². The van der Waals surface area contributed by atoms with Crippen molar-refractivity contribution < 1.29 is 9.32 Å². The van der Waals surface area contributed by atoms with Gasteiger partial charge in [0.2, 0.25) is 5.91 Å². The van der Waals surface area contributed by atoms with Crippen molar-refractivity contribution in [3.63, 3.8) is 0 Å². The van der Waals surface area contributed by atoms with E-state index in [9.17, 15) is 9.59 Å². The molecule has 2 aromatic rings. The monoisotopic (exact) mass is 279 g/mol. The summed E-state index contributed by atoms with van der Waals surface area (Å²) in [5, 5.41) is 10.5. The van der Waals surface area contributed by atoms with Crippen LogP contribution in [0.2, 0.25) is 0 Å². The number of nitrogens with zero attached hydrogens (tertiary/aromatic N) is 3. The highest BCUT2D eigenvalue weighted by molar-refractivity contribution is 5.76. The fourth-order valence-electron chi connectivity index (χ4n) is 1.80. The van der Waals surface area contributed by atoms with Crippen LogP contribution in [-0.4, -0.2) is 32.4 Å². The zero-order valence-electron chi connectivity index (χ0n) is 11.4. The van der Waals surface area contributed by atoms with Crippen molar-refractivity contribution >= 4 is 5.91 Å². The third-order valence-electron chi connectivity index (χ3n) is 2.84. The topological polar surface area (TPSA) is 106 Å². The highest BCUT2D eigenvalue weighted by Crippen LogP contribution is 2.09. The molecule has 0 radical (unpaired) electrons. The van der Waals surface area contributed by atoms with Gasteiger partial charge < -0.3 is 5.32 Å². The predicted octanol–water partition coefficient (Wildman–Crippen LogP) is 0.178. The number of aryl methyl sites for hydroxylation is 1. The van der Waals surface area contributed by atoms with Crippen molar-refractivity contribution in [3.8, 4) is 0 Å². The Labute approximate surface area is 115 Å². The van der Waals surface area contributed by atoms with Crippen LogP contribution in [-0.2, 0) is 11.2 Å². The van der Waals surface area contributed by atoms with Crippen molar-refractivity contribution in [1.82, 2.24) is 25.2 Å². The maximum atomic E-state index is 11.8. The molecule has 0 saturated heterocycles. The summed E-state index contributed by atoms with van der Waals surface area (Å²) < 4.78 is 6.13. The zero-order chi connectivity index (χ0) is 14.5. The normalized spacial score (nSPS) is 12.3. The van der Waals surface area contributed by atoms with Crippen LogP contribution in [0.1, 0.15) is 30.9 Å². The maximum absolute atomic E-state index is 11.8. The van der Waals surface area contributed by atoms with Crippen LogP contribution in [0, 0.1) is 6.92 Å². The number of hydrogen-bond acceptors (Lipinski definition) is 5. The van der Waals surface area contributed by atoms with Gasteiger partial charge in [0.15, 0.2) is 5.82 Å². The largest absolute Gasteiger partial charge is 0.438 e. The quantitative estimate of drug-likeness (QED) is 0.784. The van der Waals surface area contributed by atoms with Crippen LogP contribution < -0.4 is 11.1 Å². The van der Waals surface area contributed by atoms with E-state index in [2.05, 4.69) is 25.1 Å². The van der Waals surface area contributed by atoms with Crippen LogP contribution in [0.5, 0.6) is 0 Å². The standard InChI is InChI=1S/C12H17N5O3/c1-8-4-6-17(15-8)9(2)7-11(18)13-5-3-10-14-12(19)20-16-10/h4,6,9H,3,5,7H2,1-2H3,(H,13,18)(H,14,16,19). The third kappa shape index (κ3) is 3.81. The van der Waals surface area contributed by atoms with Gasteiger partial charge in [0.05, 0.1) is 11.7 Å². The fraction of sp³-hybridized carbons (Fsp3) is 0.500. The third-order valence-corrected chi connectivity index (χ3v) is 2.84. The minimum atomic E-state index is -0.589. The van der Waals surface area contributed by atoms with Crippen molar-refractivity contribution in [2.24, 2.45) is 0 Å². The first-order chi connectivity index (χ1) is 9.54. The van der Waals surface area contributed by atoms with E-state index in [0.29, 0.717) is 25.2 Å². The number of carbonyl (C=O) groups is 1. The first kappa shape index (κ1) is 14.0. The second-order valence-corrected chi connectivity index (χ2v) is 4.63. The Kier molecular flexibility index (Phi) is 4.34. The number of nitrogens with one attached hydrogen (secondary N) is 2. The van der Waals surface area contributed by atoms with Gasteiger partial charge in [-0.15, -0.1) is 0 Å². The fourth-order valence-corrected chi connectivity index (χ4v) is 1.80. The second-order valence-electron chi connectivity index (χ2n) is 4.63. The van der Waals surface area contributed by atoms with E-state index in [1.54, 1.807) is 4.68 Å². The lowest BCUT2D eigenvalue weighted by Crippen LogP contribution is -2.28. The van der Waals surface area contributed by atoms with E-state index < -0.39 is 5.76 Å². The average Bonchev–Trinajstić information content (AvgIpc) is 2.98. The van der Waals surface area contributed by atoms with Gasteiger partial charge in [-0.3, -0.25) is 19.0 Å². The number of aromatic nitrogens is 4. The van der Waals surface area contributed by atoms with Crippen LogP contribution in [0.15, 0.2) is 21.6 Å². The molecule has 0 aliphatic heterocycles. The van der Waals surface area contributed by atoms with Gasteiger partial charge >= 0.3 is 5.76 Å². The average molecular weight is 279 g/mol. The molecule has 0 spiro atoms. The van der Waals surface area contributed by atoms with Gasteiger partial charge in [-0.1, -0.05) is 5.16 Å². The first-order valence-corrected chi connectivity index (χ1v) is 6.38. The molecule has 0 aliphatic rings. The molecule has 2 rings (SSSR count).